The molecule has 0 aliphatic rings. The van der Waals surface area contributed by atoms with Crippen LogP contribution in [-0.4, -0.2) is 16.1 Å². The fourth-order valence-corrected chi connectivity index (χ4v) is 3.56. The second-order valence-electron chi connectivity index (χ2n) is 2.84. The summed E-state index contributed by atoms with van der Waals surface area (Å²) < 4.78 is 1.59. The zero-order chi connectivity index (χ0) is 11.5. The van der Waals surface area contributed by atoms with Crippen LogP contribution in [0.25, 0.3) is 0 Å². The standard InChI is InChI=1S/C10H6BrNO2S2/c11-8-5-15-10(12-8)16-7-4-2-1-3-6(7)9(13)14/h1-5H,(H,13,14). The zero-order valence-electron chi connectivity index (χ0n) is 7.88. The van der Waals surface area contributed by atoms with E-state index in [0.717, 1.165) is 8.94 Å². The van der Waals surface area contributed by atoms with Gasteiger partial charge in [0.15, 0.2) is 4.34 Å². The fourth-order valence-electron chi connectivity index (χ4n) is 1.11. The maximum absolute atomic E-state index is 11.0. The molecule has 2 aromatic rings. The molecule has 2 rings (SSSR count). The van der Waals surface area contributed by atoms with Crippen molar-refractivity contribution in [2.45, 2.75) is 9.24 Å². The predicted octanol–water partition coefficient (Wildman–Crippen LogP) is 3.76. The van der Waals surface area contributed by atoms with E-state index in [1.165, 1.54) is 23.1 Å². The monoisotopic (exact) mass is 315 g/mol. The molecule has 6 heteroatoms. The third kappa shape index (κ3) is 2.63. The minimum Gasteiger partial charge on any atom is -0.478 e. The number of benzene rings is 1. The number of aromatic nitrogens is 1. The topological polar surface area (TPSA) is 50.2 Å². The van der Waals surface area contributed by atoms with Crippen molar-refractivity contribution >= 4 is 45.0 Å². The molecule has 0 atom stereocenters. The first kappa shape index (κ1) is 11.6. The van der Waals surface area contributed by atoms with E-state index < -0.39 is 5.97 Å². The van der Waals surface area contributed by atoms with Crippen LogP contribution in [0.4, 0.5) is 0 Å². The van der Waals surface area contributed by atoms with Crippen molar-refractivity contribution in [3.8, 4) is 0 Å². The van der Waals surface area contributed by atoms with Crippen LogP contribution in [0.2, 0.25) is 0 Å². The van der Waals surface area contributed by atoms with E-state index in [4.69, 9.17) is 5.11 Å². The van der Waals surface area contributed by atoms with Crippen molar-refractivity contribution in [3.05, 3.63) is 39.8 Å². The van der Waals surface area contributed by atoms with Gasteiger partial charge in [-0.1, -0.05) is 23.9 Å². The SMILES string of the molecule is O=C(O)c1ccccc1Sc1nc(Br)cs1. The minimum atomic E-state index is -0.918. The van der Waals surface area contributed by atoms with E-state index in [9.17, 15) is 4.79 Å². The molecule has 1 heterocycles. The van der Waals surface area contributed by atoms with Gasteiger partial charge >= 0.3 is 5.97 Å². The van der Waals surface area contributed by atoms with Crippen molar-refractivity contribution < 1.29 is 9.90 Å². The molecule has 0 saturated heterocycles. The minimum absolute atomic E-state index is 0.304. The van der Waals surface area contributed by atoms with Crippen LogP contribution in [0, 0.1) is 0 Å². The van der Waals surface area contributed by atoms with E-state index in [1.54, 1.807) is 18.2 Å². The number of halogens is 1. The number of carboxylic acid groups (broad SMARTS) is 1. The molecule has 1 N–H and O–H groups in total. The molecule has 1 aromatic heterocycles. The first-order valence-corrected chi connectivity index (χ1v) is 6.77. The Morgan fingerprint density at radius 1 is 1.44 bits per heavy atom. The summed E-state index contributed by atoms with van der Waals surface area (Å²) >= 11 is 6.10. The number of nitrogens with zero attached hydrogens (tertiary/aromatic N) is 1. The van der Waals surface area contributed by atoms with Gasteiger partial charge in [0, 0.05) is 10.3 Å². The van der Waals surface area contributed by atoms with Crippen LogP contribution in [0.15, 0.2) is 43.5 Å². The van der Waals surface area contributed by atoms with Gasteiger partial charge in [-0.2, -0.15) is 0 Å². The summed E-state index contributed by atoms with van der Waals surface area (Å²) in [6.45, 7) is 0. The van der Waals surface area contributed by atoms with E-state index in [0.29, 0.717) is 10.5 Å². The number of hydrogen-bond acceptors (Lipinski definition) is 4. The van der Waals surface area contributed by atoms with Gasteiger partial charge in [-0.05, 0) is 28.1 Å². The average Bonchev–Trinajstić information content (AvgIpc) is 2.64. The predicted molar refractivity (Wildman–Crippen MR) is 67.3 cm³/mol. The molecular formula is C10H6BrNO2S2. The molecule has 0 bridgehead atoms. The molecule has 0 radical (unpaired) electrons. The Hall–Kier alpha value is -0.850. The number of carboxylic acids is 1. The smallest absolute Gasteiger partial charge is 0.336 e. The summed E-state index contributed by atoms with van der Waals surface area (Å²) in [5, 5.41) is 10.9. The summed E-state index contributed by atoms with van der Waals surface area (Å²) in [4.78, 5) is 15.9. The Morgan fingerprint density at radius 2 is 2.19 bits per heavy atom. The second kappa shape index (κ2) is 4.99. The van der Waals surface area contributed by atoms with Crippen LogP contribution in [0.5, 0.6) is 0 Å². The lowest BCUT2D eigenvalue weighted by molar-refractivity contribution is 0.0693. The molecule has 0 spiro atoms. The van der Waals surface area contributed by atoms with Gasteiger partial charge in [0.2, 0.25) is 0 Å². The molecule has 0 amide bonds. The number of rotatable bonds is 3. The molecule has 0 fully saturated rings. The van der Waals surface area contributed by atoms with Crippen LogP contribution in [0.1, 0.15) is 10.4 Å². The Bertz CT molecular complexity index is 527. The van der Waals surface area contributed by atoms with Crippen molar-refractivity contribution in [2.75, 3.05) is 0 Å². The van der Waals surface area contributed by atoms with Gasteiger partial charge in [-0.25, -0.2) is 9.78 Å². The van der Waals surface area contributed by atoms with Crippen LogP contribution in [-0.2, 0) is 0 Å². The zero-order valence-corrected chi connectivity index (χ0v) is 11.1. The van der Waals surface area contributed by atoms with Crippen molar-refractivity contribution in [3.63, 3.8) is 0 Å². The van der Waals surface area contributed by atoms with Crippen LogP contribution >= 0.6 is 39.0 Å². The fraction of sp³-hybridized carbons (Fsp3) is 0. The Labute approximate surface area is 109 Å². The maximum atomic E-state index is 11.0. The molecule has 3 nitrogen and oxygen atoms in total. The van der Waals surface area contributed by atoms with E-state index in [1.807, 2.05) is 11.4 Å². The first-order chi connectivity index (χ1) is 7.66. The lowest BCUT2D eigenvalue weighted by Crippen LogP contribution is -1.97. The summed E-state index contributed by atoms with van der Waals surface area (Å²) in [7, 11) is 0. The summed E-state index contributed by atoms with van der Waals surface area (Å²) in [5.41, 5.74) is 0.304. The van der Waals surface area contributed by atoms with E-state index >= 15 is 0 Å². The number of carbonyl (C=O) groups is 1. The first-order valence-electron chi connectivity index (χ1n) is 4.28. The summed E-state index contributed by atoms with van der Waals surface area (Å²) in [5.74, 6) is -0.918. The molecule has 0 saturated carbocycles. The van der Waals surface area contributed by atoms with Crippen molar-refractivity contribution in [1.82, 2.24) is 4.98 Å². The molecule has 1 aromatic carbocycles. The lowest BCUT2D eigenvalue weighted by atomic mass is 10.2. The number of aromatic carboxylic acids is 1. The number of thiazole rings is 1. The highest BCUT2D eigenvalue weighted by Gasteiger charge is 2.11. The van der Waals surface area contributed by atoms with Crippen molar-refractivity contribution in [1.29, 1.82) is 0 Å². The third-order valence-electron chi connectivity index (χ3n) is 1.77. The van der Waals surface area contributed by atoms with Crippen LogP contribution in [0.3, 0.4) is 0 Å². The third-order valence-corrected chi connectivity index (χ3v) is 4.49. The molecular weight excluding hydrogens is 310 g/mol. The molecule has 16 heavy (non-hydrogen) atoms. The van der Waals surface area contributed by atoms with Gasteiger partial charge in [0.05, 0.1) is 5.56 Å². The summed E-state index contributed by atoms with van der Waals surface area (Å²) in [6.07, 6.45) is 0. The highest BCUT2D eigenvalue weighted by atomic mass is 79.9. The van der Waals surface area contributed by atoms with Gasteiger partial charge in [-0.3, -0.25) is 0 Å². The molecule has 0 unspecified atom stereocenters. The molecule has 0 aliphatic carbocycles. The number of hydrogen-bond donors (Lipinski definition) is 1. The normalized spacial score (nSPS) is 10.3. The lowest BCUT2D eigenvalue weighted by Gasteiger charge is -2.02. The highest BCUT2D eigenvalue weighted by molar-refractivity contribution is 9.10. The van der Waals surface area contributed by atoms with E-state index in [2.05, 4.69) is 20.9 Å². The Kier molecular flexibility index (Phi) is 3.63. The van der Waals surface area contributed by atoms with Crippen molar-refractivity contribution in [2.24, 2.45) is 0 Å². The Morgan fingerprint density at radius 3 is 2.81 bits per heavy atom. The maximum Gasteiger partial charge on any atom is 0.336 e. The molecule has 0 aliphatic heterocycles. The van der Waals surface area contributed by atoms with Gasteiger partial charge in [0.1, 0.15) is 4.60 Å². The van der Waals surface area contributed by atoms with Crippen LogP contribution < -0.4 is 0 Å². The Balaban J connectivity index is 2.31. The highest BCUT2D eigenvalue weighted by Crippen LogP contribution is 2.33. The van der Waals surface area contributed by atoms with E-state index in [-0.39, 0.29) is 0 Å². The largest absolute Gasteiger partial charge is 0.478 e. The molecule has 82 valence electrons. The van der Waals surface area contributed by atoms with Gasteiger partial charge in [0.25, 0.3) is 0 Å². The van der Waals surface area contributed by atoms with Gasteiger partial charge in [-0.15, -0.1) is 11.3 Å². The van der Waals surface area contributed by atoms with Gasteiger partial charge < -0.3 is 5.11 Å². The quantitative estimate of drug-likeness (QED) is 0.937. The second-order valence-corrected chi connectivity index (χ2v) is 5.80. The average molecular weight is 316 g/mol. The summed E-state index contributed by atoms with van der Waals surface area (Å²) in [6, 6.07) is 6.90.